The number of methoxy groups -OCH3 is 2. The van der Waals surface area contributed by atoms with E-state index in [0.717, 1.165) is 6.42 Å². The molecule has 0 radical (unpaired) electrons. The van der Waals surface area contributed by atoms with Gasteiger partial charge in [-0.1, -0.05) is 6.92 Å². The van der Waals surface area contributed by atoms with Crippen LogP contribution in [0.1, 0.15) is 27.2 Å². The van der Waals surface area contributed by atoms with Gasteiger partial charge in [0.2, 0.25) is 0 Å². The third-order valence-electron chi connectivity index (χ3n) is 2.87. The summed E-state index contributed by atoms with van der Waals surface area (Å²) in [6.45, 7) is 8.12. The number of hydrogen-bond donors (Lipinski definition) is 0. The fraction of sp³-hybridized carbons (Fsp3) is 0.923. The molecular formula is C13H27NO4. The minimum absolute atomic E-state index is 0.152. The summed E-state index contributed by atoms with van der Waals surface area (Å²) in [7, 11) is 3.32. The first-order chi connectivity index (χ1) is 8.62. The number of nitrogens with zero attached hydrogens (tertiary/aromatic N) is 1. The van der Waals surface area contributed by atoms with Gasteiger partial charge in [-0.15, -0.1) is 0 Å². The monoisotopic (exact) mass is 261 g/mol. The van der Waals surface area contributed by atoms with Gasteiger partial charge in [0, 0.05) is 26.8 Å². The second kappa shape index (κ2) is 10.3. The van der Waals surface area contributed by atoms with Crippen LogP contribution in [0.3, 0.4) is 0 Å². The van der Waals surface area contributed by atoms with Crippen molar-refractivity contribution in [2.45, 2.75) is 39.3 Å². The van der Waals surface area contributed by atoms with Gasteiger partial charge in [-0.25, -0.2) is 0 Å². The van der Waals surface area contributed by atoms with Crippen LogP contribution in [-0.4, -0.2) is 63.5 Å². The Balaban J connectivity index is 4.70. The average molecular weight is 261 g/mol. The van der Waals surface area contributed by atoms with E-state index in [9.17, 15) is 4.79 Å². The smallest absolute Gasteiger partial charge is 0.323 e. The van der Waals surface area contributed by atoms with Gasteiger partial charge < -0.3 is 14.2 Å². The van der Waals surface area contributed by atoms with Gasteiger partial charge in [0.25, 0.3) is 0 Å². The zero-order valence-electron chi connectivity index (χ0n) is 12.3. The van der Waals surface area contributed by atoms with Crippen molar-refractivity contribution in [1.82, 2.24) is 4.90 Å². The van der Waals surface area contributed by atoms with Crippen LogP contribution in [0.25, 0.3) is 0 Å². The fourth-order valence-corrected chi connectivity index (χ4v) is 1.99. The Labute approximate surface area is 110 Å². The van der Waals surface area contributed by atoms with Gasteiger partial charge in [0.15, 0.2) is 0 Å². The number of carbonyl (C=O) groups excluding carboxylic acids is 1. The first-order valence-corrected chi connectivity index (χ1v) is 6.52. The Morgan fingerprint density at radius 3 is 2.33 bits per heavy atom. The lowest BCUT2D eigenvalue weighted by Crippen LogP contribution is -2.49. The van der Waals surface area contributed by atoms with Gasteiger partial charge >= 0.3 is 5.97 Å². The van der Waals surface area contributed by atoms with Crippen LogP contribution in [0.15, 0.2) is 0 Å². The first-order valence-electron chi connectivity index (χ1n) is 6.52. The molecule has 0 aromatic rings. The van der Waals surface area contributed by atoms with E-state index in [1.807, 2.05) is 20.8 Å². The number of esters is 1. The van der Waals surface area contributed by atoms with Crippen LogP contribution < -0.4 is 0 Å². The molecule has 18 heavy (non-hydrogen) atoms. The summed E-state index contributed by atoms with van der Waals surface area (Å²) in [5, 5.41) is 0. The highest BCUT2D eigenvalue weighted by molar-refractivity contribution is 5.75. The van der Waals surface area contributed by atoms with Crippen molar-refractivity contribution in [2.75, 3.05) is 40.6 Å². The third-order valence-corrected chi connectivity index (χ3v) is 2.87. The van der Waals surface area contributed by atoms with Crippen molar-refractivity contribution in [3.63, 3.8) is 0 Å². The molecule has 0 N–H and O–H groups in total. The van der Waals surface area contributed by atoms with Crippen LogP contribution in [-0.2, 0) is 19.0 Å². The molecule has 0 aromatic carbocycles. The Hall–Kier alpha value is -0.650. The average Bonchev–Trinajstić information content (AvgIpc) is 2.34. The summed E-state index contributed by atoms with van der Waals surface area (Å²) in [6, 6.07) is -0.0789. The Kier molecular flexibility index (Phi) is 9.92. The summed E-state index contributed by atoms with van der Waals surface area (Å²) in [4.78, 5) is 14.0. The highest BCUT2D eigenvalue weighted by atomic mass is 16.5. The predicted molar refractivity (Wildman–Crippen MR) is 70.6 cm³/mol. The first kappa shape index (κ1) is 17.4. The van der Waals surface area contributed by atoms with Crippen LogP contribution in [0.5, 0.6) is 0 Å². The highest BCUT2D eigenvalue weighted by Gasteiger charge is 2.28. The van der Waals surface area contributed by atoms with Crippen LogP contribution in [0.2, 0.25) is 0 Å². The van der Waals surface area contributed by atoms with Crippen molar-refractivity contribution in [1.29, 1.82) is 0 Å². The van der Waals surface area contributed by atoms with Crippen molar-refractivity contribution in [3.05, 3.63) is 0 Å². The molecule has 0 aliphatic heterocycles. The lowest BCUT2D eigenvalue weighted by atomic mass is 10.1. The Morgan fingerprint density at radius 1 is 1.22 bits per heavy atom. The molecule has 0 aliphatic rings. The Bertz CT molecular complexity index is 223. The molecule has 5 nitrogen and oxygen atoms in total. The number of carbonyl (C=O) groups is 1. The van der Waals surface area contributed by atoms with E-state index in [2.05, 4.69) is 4.90 Å². The van der Waals surface area contributed by atoms with Gasteiger partial charge in [-0.05, 0) is 20.3 Å². The molecule has 0 aliphatic carbocycles. The normalized spacial score (nSPS) is 14.6. The van der Waals surface area contributed by atoms with Gasteiger partial charge in [0.05, 0.1) is 19.8 Å². The van der Waals surface area contributed by atoms with E-state index in [1.54, 1.807) is 14.2 Å². The van der Waals surface area contributed by atoms with Crippen LogP contribution >= 0.6 is 0 Å². The molecule has 0 saturated heterocycles. The summed E-state index contributed by atoms with van der Waals surface area (Å²) in [6.07, 6.45) is 0.719. The van der Waals surface area contributed by atoms with Crippen LogP contribution in [0, 0.1) is 0 Å². The Morgan fingerprint density at radius 2 is 1.89 bits per heavy atom. The molecule has 2 atom stereocenters. The maximum absolute atomic E-state index is 11.9. The molecule has 0 rings (SSSR count). The fourth-order valence-electron chi connectivity index (χ4n) is 1.99. The largest absolute Gasteiger partial charge is 0.465 e. The number of hydrogen-bond acceptors (Lipinski definition) is 5. The predicted octanol–water partition coefficient (Wildman–Crippen LogP) is 1.31. The molecule has 0 aromatic heterocycles. The second-order valence-corrected chi connectivity index (χ2v) is 4.21. The van der Waals surface area contributed by atoms with E-state index in [1.165, 1.54) is 0 Å². The molecule has 0 bridgehead atoms. The topological polar surface area (TPSA) is 48.0 Å². The van der Waals surface area contributed by atoms with Crippen molar-refractivity contribution in [3.8, 4) is 0 Å². The lowest BCUT2D eigenvalue weighted by molar-refractivity contribution is -0.151. The van der Waals surface area contributed by atoms with E-state index in [-0.39, 0.29) is 18.1 Å². The van der Waals surface area contributed by atoms with Crippen molar-refractivity contribution < 1.29 is 19.0 Å². The quantitative estimate of drug-likeness (QED) is 0.555. The summed E-state index contributed by atoms with van der Waals surface area (Å²) >= 11 is 0. The standard InChI is InChI=1S/C13H27NO4/c1-6-12(13(15)18-7-2)14(8-9-16-4)11(3)10-17-5/h11-12H,6-10H2,1-5H3. The van der Waals surface area contributed by atoms with Crippen molar-refractivity contribution >= 4 is 5.97 Å². The maximum Gasteiger partial charge on any atom is 0.323 e. The van der Waals surface area contributed by atoms with Crippen molar-refractivity contribution in [2.24, 2.45) is 0 Å². The molecule has 0 amide bonds. The highest BCUT2D eigenvalue weighted by Crippen LogP contribution is 2.11. The SMILES string of the molecule is CCOC(=O)C(CC)N(CCOC)C(C)COC. The molecule has 108 valence electrons. The number of rotatable bonds is 10. The summed E-state index contributed by atoms with van der Waals surface area (Å²) in [5.41, 5.74) is 0. The summed E-state index contributed by atoms with van der Waals surface area (Å²) < 4.78 is 15.4. The zero-order valence-corrected chi connectivity index (χ0v) is 12.3. The minimum atomic E-state index is -0.231. The van der Waals surface area contributed by atoms with E-state index in [0.29, 0.717) is 26.4 Å². The maximum atomic E-state index is 11.9. The molecular weight excluding hydrogens is 234 g/mol. The molecule has 2 unspecified atom stereocenters. The molecule has 0 fully saturated rings. The second-order valence-electron chi connectivity index (χ2n) is 4.21. The zero-order chi connectivity index (χ0) is 14.0. The lowest BCUT2D eigenvalue weighted by Gasteiger charge is -2.34. The third kappa shape index (κ3) is 5.80. The van der Waals surface area contributed by atoms with E-state index < -0.39 is 0 Å². The molecule has 0 saturated carbocycles. The molecule has 0 heterocycles. The minimum Gasteiger partial charge on any atom is -0.465 e. The van der Waals surface area contributed by atoms with Gasteiger partial charge in [-0.2, -0.15) is 0 Å². The van der Waals surface area contributed by atoms with Gasteiger partial charge in [-0.3, -0.25) is 9.69 Å². The van der Waals surface area contributed by atoms with Crippen LogP contribution in [0.4, 0.5) is 0 Å². The molecule has 5 heteroatoms. The van der Waals surface area contributed by atoms with Gasteiger partial charge in [0.1, 0.15) is 6.04 Å². The van der Waals surface area contributed by atoms with E-state index >= 15 is 0 Å². The number of ether oxygens (including phenoxy) is 3. The van der Waals surface area contributed by atoms with E-state index in [4.69, 9.17) is 14.2 Å². The molecule has 0 spiro atoms. The summed E-state index contributed by atoms with van der Waals surface area (Å²) in [5.74, 6) is -0.168.